The number of rotatable bonds is 4. The van der Waals surface area contributed by atoms with E-state index < -0.39 is 27.0 Å². The zero-order chi connectivity index (χ0) is 20.0. The van der Waals surface area contributed by atoms with E-state index in [1.807, 2.05) is 4.72 Å². The van der Waals surface area contributed by atoms with Crippen LogP contribution in [0.2, 0.25) is 0 Å². The summed E-state index contributed by atoms with van der Waals surface area (Å²) in [5, 5.41) is 4.00. The van der Waals surface area contributed by atoms with Gasteiger partial charge in [-0.05, 0) is 20.8 Å². The smallest absolute Gasteiger partial charge is 0.212 e. The third-order valence-corrected chi connectivity index (χ3v) is 7.15. The molecular weight excluding hydrogens is 401 g/mol. The van der Waals surface area contributed by atoms with Crippen molar-refractivity contribution in [2.45, 2.75) is 37.7 Å². The summed E-state index contributed by atoms with van der Waals surface area (Å²) in [5.41, 5.74) is 0.639. The van der Waals surface area contributed by atoms with Gasteiger partial charge in [0.1, 0.15) is 6.33 Å². The predicted molar refractivity (Wildman–Crippen MR) is 96.9 cm³/mol. The van der Waals surface area contributed by atoms with E-state index in [0.717, 1.165) is 11.3 Å². The Balaban J connectivity index is 2.22. The number of alkyl halides is 3. The van der Waals surface area contributed by atoms with Gasteiger partial charge in [0.25, 0.3) is 0 Å². The summed E-state index contributed by atoms with van der Waals surface area (Å²) >= 11 is 0.754. The van der Waals surface area contributed by atoms with Crippen molar-refractivity contribution in [3.63, 3.8) is 0 Å². The Morgan fingerprint density at radius 2 is 1.78 bits per heavy atom. The fraction of sp³-hybridized carbons (Fsp3) is 0.375. The van der Waals surface area contributed by atoms with E-state index in [2.05, 4.69) is 10.1 Å². The number of aromatic nitrogens is 3. The average Bonchev–Trinajstić information content (AvgIpc) is 3.11. The van der Waals surface area contributed by atoms with Crippen LogP contribution in [0.15, 0.2) is 36.7 Å². The van der Waals surface area contributed by atoms with Crippen molar-refractivity contribution in [3.05, 3.63) is 41.5 Å². The van der Waals surface area contributed by atoms with Crippen LogP contribution in [0.3, 0.4) is 0 Å². The second-order valence-electron chi connectivity index (χ2n) is 6.84. The first-order valence-corrected chi connectivity index (χ1v) is 10.2. The molecule has 0 bridgehead atoms. The maximum absolute atomic E-state index is 13.9. The third-order valence-electron chi connectivity index (χ3n) is 3.88. The summed E-state index contributed by atoms with van der Waals surface area (Å²) in [6.45, 7) is 4.01. The lowest BCUT2D eigenvalue weighted by Gasteiger charge is -2.26. The van der Waals surface area contributed by atoms with Gasteiger partial charge in [-0.3, -0.25) is 0 Å². The molecule has 0 unspecified atom stereocenters. The Bertz CT molecular complexity index is 1050. The van der Waals surface area contributed by atoms with Gasteiger partial charge in [-0.25, -0.2) is 17.9 Å². The van der Waals surface area contributed by atoms with Crippen molar-refractivity contribution in [2.24, 2.45) is 0 Å². The first kappa shape index (κ1) is 19.8. The minimum Gasteiger partial charge on any atom is -0.212 e. The van der Waals surface area contributed by atoms with E-state index in [9.17, 15) is 21.6 Å². The lowest BCUT2D eigenvalue weighted by molar-refractivity contribution is -0.152. The molecule has 0 aliphatic heterocycles. The second kappa shape index (κ2) is 6.57. The number of nitrogens with zero attached hydrogens (tertiary/aromatic N) is 3. The molecule has 0 saturated heterocycles. The molecule has 0 spiro atoms. The molecule has 0 radical (unpaired) electrons. The molecule has 146 valence electrons. The van der Waals surface area contributed by atoms with Gasteiger partial charge >= 0.3 is 6.18 Å². The van der Waals surface area contributed by atoms with Crippen LogP contribution in [0, 0.1) is 0 Å². The summed E-state index contributed by atoms with van der Waals surface area (Å²) in [5.74, 6) is 0. The average molecular weight is 418 g/mol. The Morgan fingerprint density at radius 1 is 1.15 bits per heavy atom. The Kier molecular flexibility index (Phi) is 4.81. The van der Waals surface area contributed by atoms with Crippen LogP contribution in [0.5, 0.6) is 0 Å². The number of hydrogen-bond donors (Lipinski definition) is 1. The van der Waals surface area contributed by atoms with Gasteiger partial charge in [0.2, 0.25) is 15.0 Å². The summed E-state index contributed by atoms with van der Waals surface area (Å²) in [7, 11) is -4.26. The molecule has 3 aromatic rings. The zero-order valence-corrected chi connectivity index (χ0v) is 16.3. The minimum absolute atomic E-state index is 0.159. The molecule has 0 fully saturated rings. The SMILES string of the molecule is CC(C)(C)S(=O)(=O)N[C@H](c1sc2ncnn2c1-c1ccccc1)C(F)(F)F. The Labute approximate surface area is 158 Å². The van der Waals surface area contributed by atoms with Crippen molar-refractivity contribution in [2.75, 3.05) is 0 Å². The number of benzene rings is 1. The second-order valence-corrected chi connectivity index (χ2v) is 10.3. The van der Waals surface area contributed by atoms with Gasteiger partial charge in [0, 0.05) is 5.56 Å². The highest BCUT2D eigenvalue weighted by Gasteiger charge is 2.48. The molecule has 11 heteroatoms. The molecule has 6 nitrogen and oxygen atoms in total. The third kappa shape index (κ3) is 3.71. The molecule has 1 aromatic carbocycles. The lowest BCUT2D eigenvalue weighted by Crippen LogP contribution is -2.45. The Morgan fingerprint density at radius 3 is 2.33 bits per heavy atom. The van der Waals surface area contributed by atoms with Crippen LogP contribution in [-0.2, 0) is 10.0 Å². The summed E-state index contributed by atoms with van der Waals surface area (Å²) < 4.78 is 68.3. The first-order valence-electron chi connectivity index (χ1n) is 7.88. The van der Waals surface area contributed by atoms with E-state index in [-0.39, 0.29) is 15.5 Å². The molecule has 0 aliphatic carbocycles. The number of halogens is 3. The van der Waals surface area contributed by atoms with Crippen LogP contribution in [0.25, 0.3) is 16.2 Å². The maximum Gasteiger partial charge on any atom is 0.409 e. The molecule has 27 heavy (non-hydrogen) atoms. The van der Waals surface area contributed by atoms with E-state index in [0.29, 0.717) is 5.56 Å². The van der Waals surface area contributed by atoms with Crippen LogP contribution in [0.1, 0.15) is 31.7 Å². The fourth-order valence-corrected chi connectivity index (χ4v) is 4.48. The van der Waals surface area contributed by atoms with Crippen molar-refractivity contribution in [1.29, 1.82) is 0 Å². The van der Waals surface area contributed by atoms with Crippen molar-refractivity contribution in [1.82, 2.24) is 19.3 Å². The predicted octanol–water partition coefficient (Wildman–Crippen LogP) is 3.78. The molecule has 1 N–H and O–H groups in total. The summed E-state index contributed by atoms with van der Waals surface area (Å²) in [6.07, 6.45) is -3.60. The molecule has 3 rings (SSSR count). The van der Waals surface area contributed by atoms with Crippen LogP contribution >= 0.6 is 11.3 Å². The number of thiazole rings is 1. The quantitative estimate of drug-likeness (QED) is 0.700. The van der Waals surface area contributed by atoms with Crippen molar-refractivity contribution in [3.8, 4) is 11.3 Å². The van der Waals surface area contributed by atoms with Crippen LogP contribution in [0.4, 0.5) is 13.2 Å². The fourth-order valence-electron chi connectivity index (χ4n) is 2.36. The van der Waals surface area contributed by atoms with Crippen LogP contribution in [-0.4, -0.2) is 33.9 Å². The van der Waals surface area contributed by atoms with Crippen LogP contribution < -0.4 is 4.72 Å². The molecule has 1 atom stereocenters. The standard InChI is InChI=1S/C16H17F3N4O2S2/c1-15(2,3)27(24,25)22-13(16(17,18)19)12-11(10-7-5-4-6-8-10)23-14(26-12)20-9-21-23/h4-9,13,22H,1-3H3/t13-/m1/s1. The molecule has 0 saturated carbocycles. The molecule has 2 aromatic heterocycles. The van der Waals surface area contributed by atoms with E-state index >= 15 is 0 Å². The largest absolute Gasteiger partial charge is 0.409 e. The minimum atomic E-state index is -4.84. The van der Waals surface area contributed by atoms with E-state index in [1.54, 1.807) is 30.3 Å². The van der Waals surface area contributed by atoms with E-state index in [1.165, 1.54) is 31.6 Å². The van der Waals surface area contributed by atoms with Gasteiger partial charge in [0.15, 0.2) is 6.04 Å². The zero-order valence-electron chi connectivity index (χ0n) is 14.6. The van der Waals surface area contributed by atoms with Gasteiger partial charge in [0.05, 0.1) is 15.3 Å². The number of fused-ring (bicyclic) bond motifs is 1. The van der Waals surface area contributed by atoms with Crippen molar-refractivity contribution >= 4 is 26.3 Å². The van der Waals surface area contributed by atoms with E-state index in [4.69, 9.17) is 0 Å². The van der Waals surface area contributed by atoms with Gasteiger partial charge < -0.3 is 0 Å². The highest BCUT2D eigenvalue weighted by atomic mass is 32.2. The molecule has 2 heterocycles. The normalized spacial score (nSPS) is 14.6. The van der Waals surface area contributed by atoms with Gasteiger partial charge in [-0.15, -0.1) is 0 Å². The lowest BCUT2D eigenvalue weighted by atomic mass is 10.1. The molecule has 0 amide bonds. The number of nitrogens with one attached hydrogen (secondary N) is 1. The number of hydrogen-bond acceptors (Lipinski definition) is 5. The van der Waals surface area contributed by atoms with Crippen molar-refractivity contribution < 1.29 is 21.6 Å². The number of sulfonamides is 1. The summed E-state index contributed by atoms with van der Waals surface area (Å²) in [4.78, 5) is 3.99. The molecular formula is C16H17F3N4O2S2. The highest BCUT2D eigenvalue weighted by molar-refractivity contribution is 7.90. The highest BCUT2D eigenvalue weighted by Crippen LogP contribution is 2.43. The Hall–Kier alpha value is -1.98. The molecule has 0 aliphatic rings. The van der Waals surface area contributed by atoms with Gasteiger partial charge in [-0.2, -0.15) is 23.0 Å². The summed E-state index contributed by atoms with van der Waals surface area (Å²) in [6, 6.07) is 5.96. The maximum atomic E-state index is 13.9. The topological polar surface area (TPSA) is 76.4 Å². The first-order chi connectivity index (χ1) is 12.4. The monoisotopic (exact) mass is 418 g/mol. The van der Waals surface area contributed by atoms with Gasteiger partial charge in [-0.1, -0.05) is 41.7 Å².